The number of amidine groups is 1. The van der Waals surface area contributed by atoms with Crippen molar-refractivity contribution in [1.29, 1.82) is 0 Å². The molecule has 8 heteroatoms. The Morgan fingerprint density at radius 2 is 1.64 bits per heavy atom. The molecule has 2 aliphatic rings. The molecule has 0 saturated heterocycles. The number of rotatable bonds is 10. The lowest BCUT2D eigenvalue weighted by Gasteiger charge is -2.38. The number of ether oxygens (including phenoxy) is 1. The molecule has 216 valence electrons. The van der Waals surface area contributed by atoms with Crippen molar-refractivity contribution in [3.63, 3.8) is 0 Å². The van der Waals surface area contributed by atoms with Crippen molar-refractivity contribution in [2.24, 2.45) is 4.99 Å². The second kappa shape index (κ2) is 13.1. The summed E-state index contributed by atoms with van der Waals surface area (Å²) in [4.78, 5) is 36.0. The van der Waals surface area contributed by atoms with E-state index in [-0.39, 0.29) is 24.3 Å². The fourth-order valence-electron chi connectivity index (χ4n) is 5.29. The molecule has 0 fully saturated rings. The van der Waals surface area contributed by atoms with Crippen LogP contribution < -0.4 is 10.1 Å². The number of likely N-dealkylation sites (N-methyl/N-ethyl adjacent to an activating group) is 1. The summed E-state index contributed by atoms with van der Waals surface area (Å²) in [7, 11) is 0. The van der Waals surface area contributed by atoms with Crippen LogP contribution in [0.15, 0.2) is 112 Å². The van der Waals surface area contributed by atoms with Gasteiger partial charge in [0.15, 0.2) is 5.17 Å². The third-order valence-corrected chi connectivity index (χ3v) is 8.34. The van der Waals surface area contributed by atoms with Crippen LogP contribution in [-0.2, 0) is 9.59 Å². The number of amides is 2. The van der Waals surface area contributed by atoms with Gasteiger partial charge in [-0.15, -0.1) is 0 Å². The first-order valence-electron chi connectivity index (χ1n) is 14.3. The summed E-state index contributed by atoms with van der Waals surface area (Å²) in [6, 6.07) is 26.7. The van der Waals surface area contributed by atoms with E-state index in [0.29, 0.717) is 30.1 Å². The fourth-order valence-corrected chi connectivity index (χ4v) is 6.26. The number of para-hydroxylation sites is 1. The van der Waals surface area contributed by atoms with E-state index in [2.05, 4.69) is 5.32 Å². The topological polar surface area (TPSA) is 74.2 Å². The van der Waals surface area contributed by atoms with Gasteiger partial charge in [-0.25, -0.2) is 4.99 Å². The van der Waals surface area contributed by atoms with Gasteiger partial charge in [0.2, 0.25) is 5.91 Å². The molecule has 3 aromatic rings. The zero-order valence-corrected chi connectivity index (χ0v) is 25.2. The quantitative estimate of drug-likeness (QED) is 0.275. The molecule has 0 aliphatic carbocycles. The first-order chi connectivity index (χ1) is 20.4. The minimum absolute atomic E-state index is 0.0573. The van der Waals surface area contributed by atoms with E-state index >= 15 is 0 Å². The van der Waals surface area contributed by atoms with Gasteiger partial charge >= 0.3 is 0 Å². The molecule has 2 unspecified atom stereocenters. The highest BCUT2D eigenvalue weighted by Gasteiger charge is 2.41. The molecule has 2 atom stereocenters. The predicted octanol–water partition coefficient (Wildman–Crippen LogP) is 7.19. The van der Waals surface area contributed by atoms with E-state index < -0.39 is 6.04 Å². The fraction of sp³-hybridized carbons (Fsp3) is 0.265. The van der Waals surface area contributed by atoms with Crippen LogP contribution in [0.3, 0.4) is 0 Å². The zero-order valence-electron chi connectivity index (χ0n) is 24.4. The van der Waals surface area contributed by atoms with Crippen LogP contribution in [0.2, 0.25) is 0 Å². The van der Waals surface area contributed by atoms with Gasteiger partial charge in [-0.2, -0.15) is 0 Å². The highest BCUT2D eigenvalue weighted by atomic mass is 32.2. The smallest absolute Gasteiger partial charge is 0.254 e. The number of hydrogen-bond acceptors (Lipinski definition) is 6. The third-order valence-electron chi connectivity index (χ3n) is 7.45. The molecule has 0 radical (unpaired) electrons. The van der Waals surface area contributed by atoms with Gasteiger partial charge in [-0.3, -0.25) is 9.59 Å². The lowest BCUT2D eigenvalue weighted by Crippen LogP contribution is -2.42. The maximum Gasteiger partial charge on any atom is 0.254 e. The van der Waals surface area contributed by atoms with Crippen LogP contribution in [0.1, 0.15) is 57.3 Å². The summed E-state index contributed by atoms with van der Waals surface area (Å²) in [6.07, 6.45) is 0.158. The summed E-state index contributed by atoms with van der Waals surface area (Å²) in [5, 5.41) is 5.85. The van der Waals surface area contributed by atoms with Crippen molar-refractivity contribution in [2.75, 3.05) is 13.1 Å². The van der Waals surface area contributed by atoms with Crippen LogP contribution in [0, 0.1) is 0 Å². The first-order valence-corrected chi connectivity index (χ1v) is 15.2. The van der Waals surface area contributed by atoms with Crippen molar-refractivity contribution in [2.45, 2.75) is 46.2 Å². The predicted molar refractivity (Wildman–Crippen MR) is 169 cm³/mol. The number of carbonyl (C=O) groups excluding carboxylic acids is 2. The van der Waals surface area contributed by atoms with E-state index in [4.69, 9.17) is 9.73 Å². The Bertz CT molecular complexity index is 1530. The molecule has 0 saturated carbocycles. The lowest BCUT2D eigenvalue weighted by atomic mass is 9.92. The standard InChI is InChI=1S/C34H36N4O3S/c1-5-37(6-2)33(40)31-24(4)36-34-38(27(22-42-34)21-30(39)35-23(3)25-14-9-7-10-15-25)32(31)26-16-13-19-29(20-26)41-28-17-11-8-12-18-28/h7-20,22-23,32H,5-6,21H2,1-4H3,(H,35,39). The Balaban J connectivity index is 1.48. The number of aliphatic imine (C=N–C) groups is 1. The average molecular weight is 581 g/mol. The van der Waals surface area contributed by atoms with Gasteiger partial charge in [0.05, 0.1) is 29.8 Å². The molecule has 0 bridgehead atoms. The van der Waals surface area contributed by atoms with Crippen molar-refractivity contribution in [1.82, 2.24) is 15.1 Å². The number of nitrogens with one attached hydrogen (secondary N) is 1. The summed E-state index contributed by atoms with van der Waals surface area (Å²) in [6.45, 7) is 9.01. The number of nitrogens with zero attached hydrogens (tertiary/aromatic N) is 3. The molecule has 0 aromatic heterocycles. The minimum Gasteiger partial charge on any atom is -0.457 e. The molecule has 2 heterocycles. The monoisotopic (exact) mass is 580 g/mol. The van der Waals surface area contributed by atoms with Gasteiger partial charge in [0.1, 0.15) is 11.5 Å². The lowest BCUT2D eigenvalue weighted by molar-refractivity contribution is -0.127. The number of fused-ring (bicyclic) bond motifs is 1. The van der Waals surface area contributed by atoms with E-state index in [1.807, 2.05) is 128 Å². The molecule has 2 aliphatic heterocycles. The van der Waals surface area contributed by atoms with Crippen molar-refractivity contribution in [3.05, 3.63) is 118 Å². The molecule has 0 spiro atoms. The number of thioether (sulfide) groups is 1. The highest BCUT2D eigenvalue weighted by Crippen LogP contribution is 2.45. The maximum absolute atomic E-state index is 14.0. The van der Waals surface area contributed by atoms with E-state index in [1.165, 1.54) is 11.8 Å². The Hall–Kier alpha value is -4.30. The molecular weight excluding hydrogens is 544 g/mol. The van der Waals surface area contributed by atoms with E-state index in [1.54, 1.807) is 0 Å². The number of allylic oxidation sites excluding steroid dienone is 1. The Morgan fingerprint density at radius 3 is 2.33 bits per heavy atom. The first kappa shape index (κ1) is 29.2. The Kier molecular flexibility index (Phi) is 9.12. The van der Waals surface area contributed by atoms with Crippen LogP contribution in [0.25, 0.3) is 0 Å². The molecular formula is C34H36N4O3S. The van der Waals surface area contributed by atoms with E-state index in [0.717, 1.165) is 27.7 Å². The van der Waals surface area contributed by atoms with Gasteiger partial charge in [-0.1, -0.05) is 72.4 Å². The summed E-state index contributed by atoms with van der Waals surface area (Å²) in [5.74, 6) is 1.25. The van der Waals surface area contributed by atoms with Gasteiger partial charge in [0, 0.05) is 18.8 Å². The van der Waals surface area contributed by atoms with Gasteiger partial charge in [0.25, 0.3) is 5.91 Å². The number of hydrogen-bond donors (Lipinski definition) is 1. The van der Waals surface area contributed by atoms with Crippen LogP contribution in [0.4, 0.5) is 0 Å². The molecule has 1 N–H and O–H groups in total. The van der Waals surface area contributed by atoms with Crippen LogP contribution in [0.5, 0.6) is 11.5 Å². The second-order valence-electron chi connectivity index (χ2n) is 10.2. The van der Waals surface area contributed by atoms with Gasteiger partial charge in [-0.05, 0) is 68.5 Å². The largest absolute Gasteiger partial charge is 0.457 e. The minimum atomic E-state index is -0.467. The summed E-state index contributed by atoms with van der Waals surface area (Å²) >= 11 is 1.48. The molecule has 7 nitrogen and oxygen atoms in total. The maximum atomic E-state index is 14.0. The van der Waals surface area contributed by atoms with Crippen LogP contribution >= 0.6 is 11.8 Å². The molecule has 42 heavy (non-hydrogen) atoms. The second-order valence-corrected chi connectivity index (χ2v) is 11.1. The highest BCUT2D eigenvalue weighted by molar-refractivity contribution is 8.16. The Labute approximate surface area is 252 Å². The summed E-state index contributed by atoms with van der Waals surface area (Å²) in [5.41, 5.74) is 4.01. The molecule has 2 amide bonds. The molecule has 3 aromatic carbocycles. The summed E-state index contributed by atoms with van der Waals surface area (Å²) < 4.78 is 6.17. The van der Waals surface area contributed by atoms with E-state index in [9.17, 15) is 9.59 Å². The molecule has 5 rings (SSSR count). The van der Waals surface area contributed by atoms with Gasteiger partial charge < -0.3 is 19.9 Å². The van der Waals surface area contributed by atoms with Crippen molar-refractivity contribution < 1.29 is 14.3 Å². The average Bonchev–Trinajstić information content (AvgIpc) is 3.39. The number of benzene rings is 3. The van der Waals surface area contributed by atoms with Crippen LogP contribution in [-0.4, -0.2) is 39.9 Å². The zero-order chi connectivity index (χ0) is 29.6. The third kappa shape index (κ3) is 6.29. The Morgan fingerprint density at radius 1 is 0.976 bits per heavy atom. The van der Waals surface area contributed by atoms with Crippen molar-refractivity contribution >= 4 is 28.7 Å². The normalized spacial score (nSPS) is 16.8. The number of carbonyl (C=O) groups is 2. The van der Waals surface area contributed by atoms with Crippen molar-refractivity contribution in [3.8, 4) is 11.5 Å². The SMILES string of the molecule is CCN(CC)C(=O)C1=C(C)N=C2SC=C(CC(=O)NC(C)c3ccccc3)N2C1c1cccc(Oc2ccccc2)c1.